The molecule has 2 atom stereocenters. The molecule has 1 unspecified atom stereocenters. The molecular weight excluding hydrogens is 389 g/mol. The maximum atomic E-state index is 12.9. The van der Waals surface area contributed by atoms with Gasteiger partial charge in [0.2, 0.25) is 5.91 Å². The topological polar surface area (TPSA) is 81.1 Å². The molecule has 160 valence electrons. The largest absolute Gasteiger partial charge is 0.497 e. The first-order chi connectivity index (χ1) is 14.5. The van der Waals surface area contributed by atoms with E-state index in [2.05, 4.69) is 10.6 Å². The molecule has 2 aromatic carbocycles. The van der Waals surface area contributed by atoms with Crippen molar-refractivity contribution < 1.29 is 28.4 Å². The van der Waals surface area contributed by atoms with E-state index in [1.807, 2.05) is 18.2 Å². The van der Waals surface area contributed by atoms with Crippen LogP contribution in [0.4, 0.5) is 10.1 Å². The molecular formula is C22H27FN3O4+. The van der Waals surface area contributed by atoms with E-state index in [1.165, 1.54) is 24.3 Å². The molecule has 2 aromatic rings. The van der Waals surface area contributed by atoms with E-state index in [0.717, 1.165) is 41.3 Å². The van der Waals surface area contributed by atoms with Crippen molar-refractivity contribution in [1.82, 2.24) is 5.32 Å². The molecule has 1 fully saturated rings. The molecule has 0 spiro atoms. The van der Waals surface area contributed by atoms with Gasteiger partial charge >= 0.3 is 0 Å². The first-order valence-electron chi connectivity index (χ1n) is 9.88. The lowest BCUT2D eigenvalue weighted by atomic mass is 10.0. The van der Waals surface area contributed by atoms with Gasteiger partial charge in [0.25, 0.3) is 5.91 Å². The third-order valence-corrected chi connectivity index (χ3v) is 5.26. The number of benzene rings is 2. The Labute approximate surface area is 175 Å². The lowest BCUT2D eigenvalue weighted by molar-refractivity contribution is -0.910. The van der Waals surface area contributed by atoms with Crippen LogP contribution in [0.3, 0.4) is 0 Å². The minimum atomic E-state index is -0.378. The first kappa shape index (κ1) is 21.6. The van der Waals surface area contributed by atoms with Gasteiger partial charge in [-0.25, -0.2) is 4.39 Å². The molecule has 0 aromatic heterocycles. The van der Waals surface area contributed by atoms with Gasteiger partial charge < -0.3 is 25.0 Å². The van der Waals surface area contributed by atoms with Crippen molar-refractivity contribution >= 4 is 17.5 Å². The van der Waals surface area contributed by atoms with Gasteiger partial charge in [0.05, 0.1) is 32.9 Å². The van der Waals surface area contributed by atoms with E-state index in [0.29, 0.717) is 5.69 Å². The summed E-state index contributed by atoms with van der Waals surface area (Å²) in [7, 11) is 3.25. The van der Waals surface area contributed by atoms with Crippen molar-refractivity contribution in [2.24, 2.45) is 0 Å². The zero-order valence-corrected chi connectivity index (χ0v) is 17.2. The predicted octanol–water partition coefficient (Wildman–Crippen LogP) is 1.32. The highest BCUT2D eigenvalue weighted by Gasteiger charge is 2.34. The lowest BCUT2D eigenvalue weighted by Gasteiger charge is -2.23. The summed E-state index contributed by atoms with van der Waals surface area (Å²) < 4.78 is 23.8. The third-order valence-electron chi connectivity index (χ3n) is 5.26. The fourth-order valence-electron chi connectivity index (χ4n) is 3.80. The number of halogens is 1. The molecule has 3 rings (SSSR count). The van der Waals surface area contributed by atoms with Crippen molar-refractivity contribution in [3.63, 3.8) is 0 Å². The molecule has 0 radical (unpaired) electrons. The fourth-order valence-corrected chi connectivity index (χ4v) is 3.80. The van der Waals surface area contributed by atoms with Crippen LogP contribution in [0, 0.1) is 5.82 Å². The Bertz CT molecular complexity index is 888. The van der Waals surface area contributed by atoms with E-state index in [-0.39, 0.29) is 36.8 Å². The molecule has 1 aliphatic rings. The van der Waals surface area contributed by atoms with Gasteiger partial charge in [-0.05, 0) is 42.5 Å². The number of likely N-dealkylation sites (tertiary alicyclic amines) is 1. The van der Waals surface area contributed by atoms with E-state index >= 15 is 0 Å². The van der Waals surface area contributed by atoms with Crippen molar-refractivity contribution in [3.05, 3.63) is 53.8 Å². The molecule has 1 aliphatic heterocycles. The van der Waals surface area contributed by atoms with Crippen molar-refractivity contribution in [1.29, 1.82) is 0 Å². The molecule has 1 heterocycles. The number of anilines is 1. The molecule has 7 nitrogen and oxygen atoms in total. The number of carbonyl (C=O) groups excluding carboxylic acids is 2. The molecule has 0 bridgehead atoms. The Morgan fingerprint density at radius 2 is 1.87 bits per heavy atom. The minimum absolute atomic E-state index is 0.119. The van der Waals surface area contributed by atoms with Gasteiger partial charge in [0.15, 0.2) is 6.54 Å². The Balaban J connectivity index is 1.55. The van der Waals surface area contributed by atoms with Crippen molar-refractivity contribution in [2.45, 2.75) is 18.9 Å². The first-order valence-corrected chi connectivity index (χ1v) is 9.88. The van der Waals surface area contributed by atoms with Crippen LogP contribution < -0.4 is 25.0 Å². The summed E-state index contributed by atoms with van der Waals surface area (Å²) in [4.78, 5) is 25.6. The van der Waals surface area contributed by atoms with E-state index in [4.69, 9.17) is 9.47 Å². The summed E-state index contributed by atoms with van der Waals surface area (Å²) in [5.41, 5.74) is 1.50. The quantitative estimate of drug-likeness (QED) is 0.606. The van der Waals surface area contributed by atoms with Crippen molar-refractivity contribution in [2.75, 3.05) is 39.2 Å². The highest BCUT2D eigenvalue weighted by atomic mass is 19.1. The summed E-state index contributed by atoms with van der Waals surface area (Å²) in [6.45, 7) is 0.978. The van der Waals surface area contributed by atoms with Crippen LogP contribution in [0.5, 0.6) is 11.5 Å². The zero-order valence-electron chi connectivity index (χ0n) is 17.2. The summed E-state index contributed by atoms with van der Waals surface area (Å²) in [5, 5.41) is 5.29. The Kier molecular flexibility index (Phi) is 7.24. The van der Waals surface area contributed by atoms with Crippen LogP contribution in [-0.4, -0.2) is 45.7 Å². The van der Waals surface area contributed by atoms with Gasteiger partial charge in [0.1, 0.15) is 23.4 Å². The van der Waals surface area contributed by atoms with Crippen LogP contribution in [0.25, 0.3) is 0 Å². The molecule has 1 saturated heterocycles. The van der Waals surface area contributed by atoms with Crippen molar-refractivity contribution in [3.8, 4) is 11.5 Å². The molecule has 30 heavy (non-hydrogen) atoms. The molecule has 0 aliphatic carbocycles. The molecule has 2 amide bonds. The molecule has 3 N–H and O–H groups in total. The average molecular weight is 416 g/mol. The molecule has 0 saturated carbocycles. The number of hydrogen-bond acceptors (Lipinski definition) is 4. The van der Waals surface area contributed by atoms with Crippen LogP contribution in [-0.2, 0) is 9.59 Å². The van der Waals surface area contributed by atoms with Crippen LogP contribution in [0.15, 0.2) is 42.5 Å². The summed E-state index contributed by atoms with van der Waals surface area (Å²) in [6.07, 6.45) is 1.94. The standard InChI is InChI=1S/C22H26FN3O4/c1-29-17-9-10-20(30-2)18(12-17)19-4-3-11-26(19)14-22(28)24-13-21(27)25-16-7-5-15(23)6-8-16/h5-10,12,19H,3-4,11,13-14H2,1-2H3,(H,24,28)(H,25,27)/p+1/t19-/m0/s1. The van der Waals surface area contributed by atoms with Crippen LogP contribution >= 0.6 is 0 Å². The number of methoxy groups -OCH3 is 2. The Morgan fingerprint density at radius 1 is 1.10 bits per heavy atom. The third kappa shape index (κ3) is 5.48. The predicted molar refractivity (Wildman–Crippen MR) is 110 cm³/mol. The van der Waals surface area contributed by atoms with E-state index in [9.17, 15) is 14.0 Å². The Morgan fingerprint density at radius 3 is 2.57 bits per heavy atom. The second-order valence-electron chi connectivity index (χ2n) is 7.22. The number of ether oxygens (including phenoxy) is 2. The zero-order chi connectivity index (χ0) is 21.5. The summed E-state index contributed by atoms with van der Waals surface area (Å²) in [5.74, 6) is 0.584. The average Bonchev–Trinajstić information content (AvgIpc) is 3.21. The lowest BCUT2D eigenvalue weighted by Crippen LogP contribution is -3.11. The van der Waals surface area contributed by atoms with Gasteiger partial charge in [-0.3, -0.25) is 9.59 Å². The maximum Gasteiger partial charge on any atom is 0.275 e. The maximum absolute atomic E-state index is 12.9. The number of amides is 2. The second kappa shape index (κ2) is 10.1. The number of nitrogens with one attached hydrogen (secondary N) is 3. The highest BCUT2D eigenvalue weighted by molar-refractivity contribution is 5.94. The SMILES string of the molecule is COc1ccc(OC)c([C@@H]2CCC[NH+]2CC(=O)NCC(=O)Nc2ccc(F)cc2)c1. The number of hydrogen-bond donors (Lipinski definition) is 3. The molecule has 8 heteroatoms. The second-order valence-corrected chi connectivity index (χ2v) is 7.22. The van der Waals surface area contributed by atoms with Gasteiger partial charge in [-0.2, -0.15) is 0 Å². The Hall–Kier alpha value is -3.13. The van der Waals surface area contributed by atoms with E-state index in [1.54, 1.807) is 14.2 Å². The number of rotatable bonds is 8. The normalized spacial score (nSPS) is 18.0. The summed E-state index contributed by atoms with van der Waals surface area (Å²) >= 11 is 0. The number of quaternary nitrogens is 1. The van der Waals surface area contributed by atoms with E-state index < -0.39 is 0 Å². The highest BCUT2D eigenvalue weighted by Crippen LogP contribution is 2.31. The fraction of sp³-hybridized carbons (Fsp3) is 0.364. The monoisotopic (exact) mass is 416 g/mol. The van der Waals surface area contributed by atoms with Gasteiger partial charge in [-0.1, -0.05) is 0 Å². The minimum Gasteiger partial charge on any atom is -0.497 e. The smallest absolute Gasteiger partial charge is 0.275 e. The van der Waals surface area contributed by atoms with Crippen LogP contribution in [0.2, 0.25) is 0 Å². The van der Waals surface area contributed by atoms with Crippen LogP contribution in [0.1, 0.15) is 24.4 Å². The summed E-state index contributed by atoms with van der Waals surface area (Å²) in [6, 6.07) is 11.3. The van der Waals surface area contributed by atoms with Gasteiger partial charge in [0, 0.05) is 18.5 Å². The van der Waals surface area contributed by atoms with Gasteiger partial charge in [-0.15, -0.1) is 0 Å². The number of carbonyl (C=O) groups is 2.